The monoisotopic (exact) mass is 142 g/mol. The van der Waals surface area contributed by atoms with E-state index in [2.05, 4.69) is 16.3 Å². The van der Waals surface area contributed by atoms with Gasteiger partial charge >= 0.3 is 0 Å². The van der Waals surface area contributed by atoms with Crippen molar-refractivity contribution in [1.82, 2.24) is 9.36 Å². The van der Waals surface area contributed by atoms with Crippen LogP contribution < -0.4 is 0 Å². The van der Waals surface area contributed by atoms with E-state index in [1.165, 1.54) is 24.4 Å². The molecule has 1 aromatic rings. The van der Waals surface area contributed by atoms with Crippen molar-refractivity contribution < 1.29 is 0 Å². The molecule has 2 nitrogen and oxygen atoms in total. The first-order chi connectivity index (χ1) is 4.43. The summed E-state index contributed by atoms with van der Waals surface area (Å²) < 4.78 is 4.08. The average molecular weight is 142 g/mol. The molecular formula is C6H10N2S. The van der Waals surface area contributed by atoms with Crippen LogP contribution in [0.5, 0.6) is 0 Å². The Kier molecular flexibility index (Phi) is 2.64. The lowest BCUT2D eigenvalue weighted by Crippen LogP contribution is -1.85. The van der Waals surface area contributed by atoms with Crippen LogP contribution in [-0.4, -0.2) is 9.36 Å². The number of hydrogen-bond acceptors (Lipinski definition) is 3. The zero-order valence-electron chi connectivity index (χ0n) is 5.50. The minimum atomic E-state index is 1.00. The SMILES string of the molecule is CCCCc1ncsn1. The Morgan fingerprint density at radius 2 is 2.56 bits per heavy atom. The van der Waals surface area contributed by atoms with Crippen LogP contribution in [0.2, 0.25) is 0 Å². The highest BCUT2D eigenvalue weighted by atomic mass is 32.1. The predicted octanol–water partition coefficient (Wildman–Crippen LogP) is 1.88. The van der Waals surface area contributed by atoms with Crippen LogP contribution in [-0.2, 0) is 6.42 Å². The summed E-state index contributed by atoms with van der Waals surface area (Å²) in [5, 5.41) is 0. The lowest BCUT2D eigenvalue weighted by atomic mass is 10.2. The molecule has 0 saturated heterocycles. The van der Waals surface area contributed by atoms with Gasteiger partial charge < -0.3 is 0 Å². The van der Waals surface area contributed by atoms with Crippen molar-refractivity contribution in [3.8, 4) is 0 Å². The van der Waals surface area contributed by atoms with E-state index in [0.717, 1.165) is 12.2 Å². The van der Waals surface area contributed by atoms with E-state index >= 15 is 0 Å². The highest BCUT2D eigenvalue weighted by Gasteiger charge is 1.92. The Hall–Kier alpha value is -0.440. The average Bonchev–Trinajstić information content (AvgIpc) is 2.34. The van der Waals surface area contributed by atoms with Crippen LogP contribution in [0.15, 0.2) is 5.51 Å². The molecule has 0 spiro atoms. The molecule has 0 unspecified atom stereocenters. The highest BCUT2D eigenvalue weighted by Crippen LogP contribution is 1.99. The van der Waals surface area contributed by atoms with E-state index in [0.29, 0.717) is 0 Å². The summed E-state index contributed by atoms with van der Waals surface area (Å²) in [6, 6.07) is 0. The van der Waals surface area contributed by atoms with Gasteiger partial charge in [0.2, 0.25) is 0 Å². The Balaban J connectivity index is 2.30. The second kappa shape index (κ2) is 3.56. The van der Waals surface area contributed by atoms with Gasteiger partial charge in [-0.2, -0.15) is 4.37 Å². The summed E-state index contributed by atoms with van der Waals surface area (Å²) in [7, 11) is 0. The fourth-order valence-electron chi connectivity index (χ4n) is 0.637. The van der Waals surface area contributed by atoms with Crippen LogP contribution in [0, 0.1) is 0 Å². The Bertz CT molecular complexity index is 148. The summed E-state index contributed by atoms with van der Waals surface area (Å²) in [6.07, 6.45) is 3.47. The number of nitrogens with zero attached hydrogens (tertiary/aromatic N) is 2. The minimum absolute atomic E-state index is 1.00. The van der Waals surface area contributed by atoms with E-state index in [-0.39, 0.29) is 0 Å². The Morgan fingerprint density at radius 1 is 1.67 bits per heavy atom. The third kappa shape index (κ3) is 2.10. The summed E-state index contributed by atoms with van der Waals surface area (Å²) in [5.74, 6) is 1.00. The van der Waals surface area contributed by atoms with Crippen LogP contribution in [0.1, 0.15) is 25.6 Å². The van der Waals surface area contributed by atoms with Crippen molar-refractivity contribution in [3.63, 3.8) is 0 Å². The third-order valence-corrected chi connectivity index (χ3v) is 1.68. The molecule has 1 aromatic heterocycles. The van der Waals surface area contributed by atoms with Gasteiger partial charge in [0, 0.05) is 6.42 Å². The van der Waals surface area contributed by atoms with Crippen molar-refractivity contribution in [2.45, 2.75) is 26.2 Å². The molecule has 9 heavy (non-hydrogen) atoms. The van der Waals surface area contributed by atoms with Crippen molar-refractivity contribution in [2.24, 2.45) is 0 Å². The molecule has 0 N–H and O–H groups in total. The van der Waals surface area contributed by atoms with Gasteiger partial charge in [0.15, 0.2) is 0 Å². The number of aryl methyl sites for hydroxylation is 1. The van der Waals surface area contributed by atoms with Gasteiger partial charge in [-0.3, -0.25) is 0 Å². The molecule has 0 aromatic carbocycles. The fourth-order valence-corrected chi connectivity index (χ4v) is 1.11. The number of rotatable bonds is 3. The Morgan fingerprint density at radius 3 is 3.11 bits per heavy atom. The lowest BCUT2D eigenvalue weighted by Gasteiger charge is -1.87. The quantitative estimate of drug-likeness (QED) is 0.644. The molecule has 0 aliphatic carbocycles. The number of unbranched alkanes of at least 4 members (excludes halogenated alkanes) is 1. The van der Waals surface area contributed by atoms with Gasteiger partial charge in [-0.05, 0) is 18.0 Å². The maximum absolute atomic E-state index is 4.08. The van der Waals surface area contributed by atoms with Crippen LogP contribution in [0.3, 0.4) is 0 Å². The number of hydrogen-bond donors (Lipinski definition) is 0. The molecule has 50 valence electrons. The highest BCUT2D eigenvalue weighted by molar-refractivity contribution is 7.03. The molecule has 0 aliphatic rings. The lowest BCUT2D eigenvalue weighted by molar-refractivity contribution is 0.765. The van der Waals surface area contributed by atoms with Gasteiger partial charge in [0.1, 0.15) is 11.3 Å². The zero-order valence-corrected chi connectivity index (χ0v) is 6.32. The van der Waals surface area contributed by atoms with Crippen molar-refractivity contribution in [1.29, 1.82) is 0 Å². The van der Waals surface area contributed by atoms with E-state index in [4.69, 9.17) is 0 Å². The van der Waals surface area contributed by atoms with Crippen molar-refractivity contribution >= 4 is 11.5 Å². The van der Waals surface area contributed by atoms with E-state index < -0.39 is 0 Å². The summed E-state index contributed by atoms with van der Waals surface area (Å²) in [5.41, 5.74) is 1.78. The van der Waals surface area contributed by atoms with E-state index in [1.54, 1.807) is 5.51 Å². The molecule has 0 aliphatic heterocycles. The maximum atomic E-state index is 4.08. The molecule has 0 bridgehead atoms. The molecule has 0 amide bonds. The van der Waals surface area contributed by atoms with Crippen molar-refractivity contribution in [2.75, 3.05) is 0 Å². The van der Waals surface area contributed by atoms with Gasteiger partial charge in [-0.15, -0.1) is 0 Å². The third-order valence-electron chi connectivity index (χ3n) is 1.16. The molecular weight excluding hydrogens is 132 g/mol. The molecule has 1 heterocycles. The van der Waals surface area contributed by atoms with Gasteiger partial charge in [-0.1, -0.05) is 13.3 Å². The fraction of sp³-hybridized carbons (Fsp3) is 0.667. The number of aromatic nitrogens is 2. The molecule has 0 fully saturated rings. The first kappa shape index (κ1) is 6.68. The van der Waals surface area contributed by atoms with Gasteiger partial charge in [0.25, 0.3) is 0 Å². The second-order valence-corrected chi connectivity index (χ2v) is 2.56. The van der Waals surface area contributed by atoms with Gasteiger partial charge in [0.05, 0.1) is 0 Å². The Labute approximate surface area is 59.1 Å². The summed E-state index contributed by atoms with van der Waals surface area (Å²) in [4.78, 5) is 4.06. The van der Waals surface area contributed by atoms with Crippen molar-refractivity contribution in [3.05, 3.63) is 11.3 Å². The minimum Gasteiger partial charge on any atom is -0.228 e. The molecule has 0 atom stereocenters. The zero-order chi connectivity index (χ0) is 6.53. The van der Waals surface area contributed by atoms with Crippen LogP contribution in [0.4, 0.5) is 0 Å². The molecule has 3 heteroatoms. The maximum Gasteiger partial charge on any atom is 0.142 e. The standard InChI is InChI=1S/C6H10N2S/c1-2-3-4-6-7-5-9-8-6/h5H,2-4H2,1H3. The summed E-state index contributed by atoms with van der Waals surface area (Å²) in [6.45, 7) is 2.17. The summed E-state index contributed by atoms with van der Waals surface area (Å²) >= 11 is 1.43. The first-order valence-electron chi connectivity index (χ1n) is 3.18. The largest absolute Gasteiger partial charge is 0.228 e. The predicted molar refractivity (Wildman–Crippen MR) is 38.5 cm³/mol. The first-order valence-corrected chi connectivity index (χ1v) is 4.02. The topological polar surface area (TPSA) is 25.8 Å². The normalized spacial score (nSPS) is 9.89. The molecule has 0 radical (unpaired) electrons. The molecule has 0 saturated carbocycles. The van der Waals surface area contributed by atoms with Gasteiger partial charge in [-0.25, -0.2) is 4.98 Å². The smallest absolute Gasteiger partial charge is 0.142 e. The van der Waals surface area contributed by atoms with E-state index in [1.807, 2.05) is 0 Å². The van der Waals surface area contributed by atoms with Crippen LogP contribution >= 0.6 is 11.5 Å². The second-order valence-electron chi connectivity index (χ2n) is 1.95. The molecule has 1 rings (SSSR count). The van der Waals surface area contributed by atoms with Crippen LogP contribution in [0.25, 0.3) is 0 Å². The van der Waals surface area contributed by atoms with E-state index in [9.17, 15) is 0 Å².